The molecule has 0 bridgehead atoms. The lowest BCUT2D eigenvalue weighted by Crippen LogP contribution is -2.03. The van der Waals surface area contributed by atoms with Gasteiger partial charge in [-0.15, -0.1) is 0 Å². The van der Waals surface area contributed by atoms with Gasteiger partial charge in [0.25, 0.3) is 0 Å². The zero-order chi connectivity index (χ0) is 14.1. The average Bonchev–Trinajstić information content (AvgIpc) is 2.77. The number of hydrogen-bond donors (Lipinski definition) is 0. The van der Waals surface area contributed by atoms with Gasteiger partial charge in [0.1, 0.15) is 11.6 Å². The summed E-state index contributed by atoms with van der Waals surface area (Å²) in [7, 11) is 1.69. The van der Waals surface area contributed by atoms with E-state index < -0.39 is 0 Å². The smallest absolute Gasteiger partial charge is 0.119 e. The predicted molar refractivity (Wildman–Crippen MR) is 84.3 cm³/mol. The van der Waals surface area contributed by atoms with E-state index in [0.717, 1.165) is 33.6 Å². The summed E-state index contributed by atoms with van der Waals surface area (Å²) in [4.78, 5) is 4.60. The highest BCUT2D eigenvalue weighted by Crippen LogP contribution is 2.25. The lowest BCUT2D eigenvalue weighted by atomic mass is 10.2. The maximum atomic E-state index is 5.30. The Bertz CT molecular complexity index is 764. The highest BCUT2D eigenvalue weighted by Gasteiger charge is 2.09. The van der Waals surface area contributed by atoms with E-state index in [4.69, 9.17) is 4.74 Å². The van der Waals surface area contributed by atoms with E-state index in [1.54, 1.807) is 7.11 Å². The summed E-state index contributed by atoms with van der Waals surface area (Å²) in [5.74, 6) is 1.88. The van der Waals surface area contributed by atoms with Crippen LogP contribution < -0.4 is 4.74 Å². The van der Waals surface area contributed by atoms with Crippen molar-refractivity contribution in [1.82, 2.24) is 9.55 Å². The third-order valence-electron chi connectivity index (χ3n) is 3.43. The standard InChI is InChI=1S/C16H15BrN2O/c1-11-18-15-5-3-4-6-16(15)19(11)10-12-9-13(20-2)7-8-14(12)17/h3-9H,10H2,1-2H3. The summed E-state index contributed by atoms with van der Waals surface area (Å²) in [6.07, 6.45) is 0. The van der Waals surface area contributed by atoms with Crippen LogP contribution in [0.3, 0.4) is 0 Å². The van der Waals surface area contributed by atoms with Crippen LogP contribution in [0.1, 0.15) is 11.4 Å². The van der Waals surface area contributed by atoms with E-state index in [9.17, 15) is 0 Å². The van der Waals surface area contributed by atoms with Gasteiger partial charge in [-0.3, -0.25) is 0 Å². The van der Waals surface area contributed by atoms with Crippen molar-refractivity contribution in [3.05, 3.63) is 58.3 Å². The van der Waals surface area contributed by atoms with Gasteiger partial charge in [-0.05, 0) is 42.8 Å². The molecule has 20 heavy (non-hydrogen) atoms. The van der Waals surface area contributed by atoms with Crippen LogP contribution in [0.15, 0.2) is 46.9 Å². The van der Waals surface area contributed by atoms with E-state index in [0.29, 0.717) is 0 Å². The molecule has 3 aromatic rings. The van der Waals surface area contributed by atoms with Gasteiger partial charge < -0.3 is 9.30 Å². The molecule has 0 fully saturated rings. The van der Waals surface area contributed by atoms with Crippen molar-refractivity contribution in [1.29, 1.82) is 0 Å². The van der Waals surface area contributed by atoms with Crippen LogP contribution in [0.2, 0.25) is 0 Å². The molecule has 0 aliphatic carbocycles. The summed E-state index contributed by atoms with van der Waals surface area (Å²) in [6, 6.07) is 14.2. The Labute approximate surface area is 126 Å². The van der Waals surface area contributed by atoms with Crippen molar-refractivity contribution in [3.63, 3.8) is 0 Å². The van der Waals surface area contributed by atoms with E-state index in [2.05, 4.69) is 37.6 Å². The number of fused-ring (bicyclic) bond motifs is 1. The minimum absolute atomic E-state index is 0.768. The first kappa shape index (κ1) is 13.2. The molecular formula is C16H15BrN2O. The highest BCUT2D eigenvalue weighted by molar-refractivity contribution is 9.10. The van der Waals surface area contributed by atoms with Gasteiger partial charge in [0.2, 0.25) is 0 Å². The number of imidazole rings is 1. The predicted octanol–water partition coefficient (Wildman–Crippen LogP) is 4.16. The Morgan fingerprint density at radius 2 is 2.00 bits per heavy atom. The summed E-state index contributed by atoms with van der Waals surface area (Å²) < 4.78 is 8.60. The van der Waals surface area contributed by atoms with E-state index in [1.807, 2.05) is 37.3 Å². The average molecular weight is 331 g/mol. The summed E-state index contributed by atoms with van der Waals surface area (Å²) in [6.45, 7) is 2.80. The van der Waals surface area contributed by atoms with Gasteiger partial charge >= 0.3 is 0 Å². The van der Waals surface area contributed by atoms with E-state index in [1.165, 1.54) is 5.56 Å². The van der Waals surface area contributed by atoms with Crippen LogP contribution in [0.25, 0.3) is 11.0 Å². The van der Waals surface area contributed by atoms with Gasteiger partial charge in [0.05, 0.1) is 24.7 Å². The number of aromatic nitrogens is 2. The molecule has 0 spiro atoms. The molecule has 0 aliphatic rings. The van der Waals surface area contributed by atoms with Crippen LogP contribution in [0, 0.1) is 6.92 Å². The van der Waals surface area contributed by atoms with Crippen molar-refractivity contribution in [2.24, 2.45) is 0 Å². The second-order valence-electron chi connectivity index (χ2n) is 4.69. The Morgan fingerprint density at radius 1 is 1.20 bits per heavy atom. The fraction of sp³-hybridized carbons (Fsp3) is 0.188. The quantitative estimate of drug-likeness (QED) is 0.720. The molecule has 102 valence electrons. The number of aryl methyl sites for hydroxylation is 1. The first-order valence-corrected chi connectivity index (χ1v) is 7.22. The van der Waals surface area contributed by atoms with Gasteiger partial charge in [-0.1, -0.05) is 28.1 Å². The first-order chi connectivity index (χ1) is 9.69. The third kappa shape index (κ3) is 2.31. The maximum Gasteiger partial charge on any atom is 0.119 e. The molecule has 0 unspecified atom stereocenters. The van der Waals surface area contributed by atoms with Crippen molar-refractivity contribution >= 4 is 27.0 Å². The minimum atomic E-state index is 0.768. The highest BCUT2D eigenvalue weighted by atomic mass is 79.9. The van der Waals surface area contributed by atoms with Crippen LogP contribution >= 0.6 is 15.9 Å². The number of benzene rings is 2. The Morgan fingerprint density at radius 3 is 2.80 bits per heavy atom. The number of nitrogens with zero attached hydrogens (tertiary/aromatic N) is 2. The summed E-state index contributed by atoms with van der Waals surface area (Å²) in [5.41, 5.74) is 3.36. The summed E-state index contributed by atoms with van der Waals surface area (Å²) >= 11 is 3.60. The Balaban J connectivity index is 2.07. The monoisotopic (exact) mass is 330 g/mol. The molecule has 0 saturated heterocycles. The SMILES string of the molecule is COc1ccc(Br)c(Cn2c(C)nc3ccccc32)c1. The molecule has 3 rings (SSSR count). The van der Waals surface area contributed by atoms with Crippen LogP contribution in [0.4, 0.5) is 0 Å². The number of methoxy groups -OCH3 is 1. The second kappa shape index (κ2) is 5.29. The molecule has 0 N–H and O–H groups in total. The molecule has 0 amide bonds. The lowest BCUT2D eigenvalue weighted by Gasteiger charge is -2.10. The number of para-hydroxylation sites is 2. The van der Waals surface area contributed by atoms with E-state index >= 15 is 0 Å². The summed E-state index contributed by atoms with van der Waals surface area (Å²) in [5, 5.41) is 0. The second-order valence-corrected chi connectivity index (χ2v) is 5.55. The molecule has 1 heterocycles. The van der Waals surface area contributed by atoms with Crippen LogP contribution in [-0.4, -0.2) is 16.7 Å². The largest absolute Gasteiger partial charge is 0.497 e. The molecule has 0 saturated carbocycles. The minimum Gasteiger partial charge on any atom is -0.497 e. The van der Waals surface area contributed by atoms with Gasteiger partial charge in [-0.2, -0.15) is 0 Å². The molecule has 1 aromatic heterocycles. The lowest BCUT2D eigenvalue weighted by molar-refractivity contribution is 0.414. The Hall–Kier alpha value is -1.81. The van der Waals surface area contributed by atoms with Gasteiger partial charge in [-0.25, -0.2) is 4.98 Å². The van der Waals surface area contributed by atoms with E-state index in [-0.39, 0.29) is 0 Å². The number of rotatable bonds is 3. The normalized spacial score (nSPS) is 10.9. The fourth-order valence-corrected chi connectivity index (χ4v) is 2.74. The molecule has 4 heteroatoms. The third-order valence-corrected chi connectivity index (χ3v) is 4.20. The topological polar surface area (TPSA) is 27.1 Å². The zero-order valence-corrected chi connectivity index (χ0v) is 13.0. The molecular weight excluding hydrogens is 316 g/mol. The number of halogens is 1. The van der Waals surface area contributed by atoms with Crippen molar-refractivity contribution < 1.29 is 4.74 Å². The van der Waals surface area contributed by atoms with Crippen LogP contribution in [-0.2, 0) is 6.54 Å². The molecule has 0 atom stereocenters. The maximum absolute atomic E-state index is 5.30. The van der Waals surface area contributed by atoms with Crippen molar-refractivity contribution in [3.8, 4) is 5.75 Å². The molecule has 0 aliphatic heterocycles. The molecule has 2 aromatic carbocycles. The van der Waals surface area contributed by atoms with Gasteiger partial charge in [0.15, 0.2) is 0 Å². The fourth-order valence-electron chi connectivity index (χ4n) is 2.37. The Kier molecular flexibility index (Phi) is 3.49. The van der Waals surface area contributed by atoms with Crippen molar-refractivity contribution in [2.75, 3.05) is 7.11 Å². The number of ether oxygens (including phenoxy) is 1. The van der Waals surface area contributed by atoms with Crippen LogP contribution in [0.5, 0.6) is 5.75 Å². The molecule has 0 radical (unpaired) electrons. The first-order valence-electron chi connectivity index (χ1n) is 6.43. The number of hydrogen-bond acceptors (Lipinski definition) is 2. The zero-order valence-electron chi connectivity index (χ0n) is 11.4. The van der Waals surface area contributed by atoms with Gasteiger partial charge in [0, 0.05) is 4.47 Å². The van der Waals surface area contributed by atoms with Crippen molar-refractivity contribution in [2.45, 2.75) is 13.5 Å². The molecule has 3 nitrogen and oxygen atoms in total.